The summed E-state index contributed by atoms with van der Waals surface area (Å²) in [5.41, 5.74) is 1.55. The molecular weight excluding hydrogens is 282 g/mol. The van der Waals surface area contributed by atoms with Gasteiger partial charge in [0.1, 0.15) is 0 Å². The van der Waals surface area contributed by atoms with Gasteiger partial charge in [-0.25, -0.2) is 0 Å². The normalized spacial score (nSPS) is 14.6. The van der Waals surface area contributed by atoms with Crippen LogP contribution in [0.5, 0.6) is 0 Å². The first-order valence-corrected chi connectivity index (χ1v) is 7.35. The molecule has 6 nitrogen and oxygen atoms in total. The van der Waals surface area contributed by atoms with Crippen molar-refractivity contribution >= 4 is 17.7 Å². The number of hydrogen-bond acceptors (Lipinski definition) is 3. The topological polar surface area (TPSA) is 69.7 Å². The van der Waals surface area contributed by atoms with Crippen molar-refractivity contribution in [3.8, 4) is 0 Å². The van der Waals surface area contributed by atoms with Gasteiger partial charge in [-0.15, -0.1) is 0 Å². The van der Waals surface area contributed by atoms with Crippen LogP contribution in [-0.2, 0) is 9.59 Å². The fourth-order valence-electron chi connectivity index (χ4n) is 2.43. The molecular formula is C16H21N3O3. The molecule has 0 aliphatic carbocycles. The number of nitrogens with zero attached hydrogens (tertiary/aromatic N) is 2. The van der Waals surface area contributed by atoms with Crippen LogP contribution in [0.2, 0.25) is 0 Å². The standard InChI is InChI=1S/C16H21N3O3/c1-12-4-3-5-14(10-12)16(22)17-11-15(21)19-8-6-18(7-9-19)13(2)20/h3-5,10H,6-9,11H2,1-2H3,(H,17,22). The number of aryl methyl sites for hydroxylation is 1. The fourth-order valence-corrected chi connectivity index (χ4v) is 2.43. The quantitative estimate of drug-likeness (QED) is 0.879. The second kappa shape index (κ2) is 7.06. The highest BCUT2D eigenvalue weighted by Gasteiger charge is 2.22. The van der Waals surface area contributed by atoms with Crippen molar-refractivity contribution in [1.82, 2.24) is 15.1 Å². The largest absolute Gasteiger partial charge is 0.343 e. The summed E-state index contributed by atoms with van der Waals surface area (Å²) in [6, 6.07) is 7.23. The highest BCUT2D eigenvalue weighted by Crippen LogP contribution is 2.04. The summed E-state index contributed by atoms with van der Waals surface area (Å²) >= 11 is 0. The van der Waals surface area contributed by atoms with Gasteiger partial charge in [0.2, 0.25) is 11.8 Å². The lowest BCUT2D eigenvalue weighted by atomic mass is 10.1. The lowest BCUT2D eigenvalue weighted by Crippen LogP contribution is -2.52. The first-order chi connectivity index (χ1) is 10.5. The van der Waals surface area contributed by atoms with Gasteiger partial charge in [0.05, 0.1) is 6.54 Å². The monoisotopic (exact) mass is 303 g/mol. The highest BCUT2D eigenvalue weighted by molar-refractivity contribution is 5.96. The minimum atomic E-state index is -0.251. The first kappa shape index (κ1) is 16.0. The van der Waals surface area contributed by atoms with E-state index in [9.17, 15) is 14.4 Å². The summed E-state index contributed by atoms with van der Waals surface area (Å²) in [6.07, 6.45) is 0. The SMILES string of the molecule is CC(=O)N1CCN(C(=O)CNC(=O)c2cccc(C)c2)CC1. The molecule has 0 bridgehead atoms. The van der Waals surface area contributed by atoms with Crippen LogP contribution in [0.15, 0.2) is 24.3 Å². The van der Waals surface area contributed by atoms with E-state index in [-0.39, 0.29) is 24.3 Å². The molecule has 0 saturated carbocycles. The molecule has 1 aromatic rings. The van der Waals surface area contributed by atoms with Crippen LogP contribution in [0, 0.1) is 6.92 Å². The van der Waals surface area contributed by atoms with Gasteiger partial charge in [-0.1, -0.05) is 17.7 Å². The number of carbonyl (C=O) groups is 3. The zero-order valence-corrected chi connectivity index (χ0v) is 13.0. The summed E-state index contributed by atoms with van der Waals surface area (Å²) in [5.74, 6) is -0.344. The van der Waals surface area contributed by atoms with Crippen molar-refractivity contribution in [1.29, 1.82) is 0 Å². The zero-order valence-electron chi connectivity index (χ0n) is 13.0. The Kier molecular flexibility index (Phi) is 5.14. The van der Waals surface area contributed by atoms with E-state index in [1.807, 2.05) is 19.1 Å². The zero-order chi connectivity index (χ0) is 16.1. The van der Waals surface area contributed by atoms with Crippen LogP contribution in [0.3, 0.4) is 0 Å². The van der Waals surface area contributed by atoms with Gasteiger partial charge in [0.25, 0.3) is 5.91 Å². The number of rotatable bonds is 3. The Bertz CT molecular complexity index is 578. The molecule has 3 amide bonds. The molecule has 2 rings (SSSR count). The Labute approximate surface area is 130 Å². The van der Waals surface area contributed by atoms with Crippen LogP contribution < -0.4 is 5.32 Å². The molecule has 6 heteroatoms. The van der Waals surface area contributed by atoms with Gasteiger partial charge in [0.15, 0.2) is 0 Å². The van der Waals surface area contributed by atoms with Gasteiger partial charge in [-0.3, -0.25) is 14.4 Å². The van der Waals surface area contributed by atoms with Gasteiger partial charge in [-0.2, -0.15) is 0 Å². The van der Waals surface area contributed by atoms with E-state index in [0.29, 0.717) is 31.7 Å². The lowest BCUT2D eigenvalue weighted by molar-refractivity contribution is -0.137. The maximum atomic E-state index is 12.1. The maximum Gasteiger partial charge on any atom is 0.251 e. The van der Waals surface area contributed by atoms with Crippen molar-refractivity contribution in [3.05, 3.63) is 35.4 Å². The molecule has 1 fully saturated rings. The van der Waals surface area contributed by atoms with Crippen molar-refractivity contribution in [2.75, 3.05) is 32.7 Å². The summed E-state index contributed by atoms with van der Waals surface area (Å²) in [4.78, 5) is 38.7. The second-order valence-electron chi connectivity index (χ2n) is 5.44. The van der Waals surface area contributed by atoms with Crippen molar-refractivity contribution in [2.24, 2.45) is 0 Å². The van der Waals surface area contributed by atoms with Gasteiger partial charge in [0, 0.05) is 38.7 Å². The summed E-state index contributed by atoms with van der Waals surface area (Å²) in [5, 5.41) is 2.65. The van der Waals surface area contributed by atoms with E-state index in [4.69, 9.17) is 0 Å². The van der Waals surface area contributed by atoms with E-state index in [1.54, 1.807) is 21.9 Å². The Morgan fingerprint density at radius 2 is 1.73 bits per heavy atom. The van der Waals surface area contributed by atoms with E-state index >= 15 is 0 Å². The molecule has 1 aliphatic rings. The molecule has 118 valence electrons. The molecule has 0 radical (unpaired) electrons. The Morgan fingerprint density at radius 3 is 2.32 bits per heavy atom. The van der Waals surface area contributed by atoms with Gasteiger partial charge < -0.3 is 15.1 Å². The Morgan fingerprint density at radius 1 is 1.09 bits per heavy atom. The molecule has 0 unspecified atom stereocenters. The van der Waals surface area contributed by atoms with E-state index in [2.05, 4.69) is 5.32 Å². The molecule has 22 heavy (non-hydrogen) atoms. The van der Waals surface area contributed by atoms with Crippen molar-refractivity contribution in [2.45, 2.75) is 13.8 Å². The smallest absolute Gasteiger partial charge is 0.251 e. The number of carbonyl (C=O) groups excluding carboxylic acids is 3. The second-order valence-corrected chi connectivity index (χ2v) is 5.44. The third-order valence-corrected chi connectivity index (χ3v) is 3.76. The molecule has 1 N–H and O–H groups in total. The van der Waals surface area contributed by atoms with Crippen LogP contribution in [0.25, 0.3) is 0 Å². The van der Waals surface area contributed by atoms with Crippen LogP contribution in [0.4, 0.5) is 0 Å². The van der Waals surface area contributed by atoms with Crippen LogP contribution in [-0.4, -0.2) is 60.2 Å². The number of nitrogens with one attached hydrogen (secondary N) is 1. The predicted octanol–water partition coefficient (Wildman–Crippen LogP) is 0.416. The molecule has 1 aromatic carbocycles. The number of amides is 3. The molecule has 0 spiro atoms. The molecule has 0 aromatic heterocycles. The number of piperazine rings is 1. The van der Waals surface area contributed by atoms with Gasteiger partial charge in [-0.05, 0) is 19.1 Å². The van der Waals surface area contributed by atoms with Crippen LogP contribution >= 0.6 is 0 Å². The summed E-state index contributed by atoms with van der Waals surface area (Å²) < 4.78 is 0. The van der Waals surface area contributed by atoms with Crippen LogP contribution in [0.1, 0.15) is 22.8 Å². The van der Waals surface area contributed by atoms with Gasteiger partial charge >= 0.3 is 0 Å². The molecule has 1 saturated heterocycles. The maximum absolute atomic E-state index is 12.1. The highest BCUT2D eigenvalue weighted by atomic mass is 16.2. The fraction of sp³-hybridized carbons (Fsp3) is 0.438. The average molecular weight is 303 g/mol. The first-order valence-electron chi connectivity index (χ1n) is 7.35. The molecule has 0 atom stereocenters. The summed E-state index contributed by atoms with van der Waals surface area (Å²) in [6.45, 7) is 5.54. The minimum Gasteiger partial charge on any atom is -0.343 e. The number of benzene rings is 1. The number of hydrogen-bond donors (Lipinski definition) is 1. The Balaban J connectivity index is 1.81. The lowest BCUT2D eigenvalue weighted by Gasteiger charge is -2.34. The van der Waals surface area contributed by atoms with E-state index in [0.717, 1.165) is 5.56 Å². The third-order valence-electron chi connectivity index (χ3n) is 3.76. The van der Waals surface area contributed by atoms with Crippen molar-refractivity contribution in [3.63, 3.8) is 0 Å². The molecule has 1 aliphatic heterocycles. The summed E-state index contributed by atoms with van der Waals surface area (Å²) in [7, 11) is 0. The van der Waals surface area contributed by atoms with Crippen molar-refractivity contribution < 1.29 is 14.4 Å². The Hall–Kier alpha value is -2.37. The average Bonchev–Trinajstić information content (AvgIpc) is 2.52. The van der Waals surface area contributed by atoms with E-state index < -0.39 is 0 Å². The predicted molar refractivity (Wildman–Crippen MR) is 82.3 cm³/mol. The third kappa shape index (κ3) is 4.07. The van der Waals surface area contributed by atoms with E-state index in [1.165, 1.54) is 6.92 Å². The minimum absolute atomic E-state index is 0.0210. The molecule has 1 heterocycles.